The molecule has 2 N–H and O–H groups in total. The molecule has 1 aliphatic rings. The molecule has 0 spiro atoms. The summed E-state index contributed by atoms with van der Waals surface area (Å²) in [7, 11) is -3.41. The number of hydrogen-bond acceptors (Lipinski definition) is 3. The van der Waals surface area contributed by atoms with Crippen LogP contribution in [0.3, 0.4) is 0 Å². The lowest BCUT2D eigenvalue weighted by Gasteiger charge is -2.18. The summed E-state index contributed by atoms with van der Waals surface area (Å²) in [4.78, 5) is 0.340. The molecular formula is C15H24N2O2S. The van der Waals surface area contributed by atoms with Crippen molar-refractivity contribution in [3.63, 3.8) is 0 Å². The Bertz CT molecular complexity index is 543. The van der Waals surface area contributed by atoms with Crippen molar-refractivity contribution >= 4 is 15.7 Å². The second-order valence-electron chi connectivity index (χ2n) is 5.55. The highest BCUT2D eigenvalue weighted by atomic mass is 32.2. The Morgan fingerprint density at radius 3 is 2.65 bits per heavy atom. The fraction of sp³-hybridized carbons (Fsp3) is 0.600. The van der Waals surface area contributed by atoms with Crippen LogP contribution in [0.2, 0.25) is 0 Å². The monoisotopic (exact) mass is 296 g/mol. The van der Waals surface area contributed by atoms with E-state index in [1.165, 1.54) is 19.3 Å². The molecule has 1 aliphatic carbocycles. The fourth-order valence-electron chi connectivity index (χ4n) is 2.88. The maximum atomic E-state index is 12.2. The average molecular weight is 296 g/mol. The van der Waals surface area contributed by atoms with Crippen LogP contribution in [0.15, 0.2) is 29.2 Å². The number of benzene rings is 1. The zero-order valence-corrected chi connectivity index (χ0v) is 13.0. The second-order valence-corrected chi connectivity index (χ2v) is 7.28. The Kier molecular flexibility index (Phi) is 5.05. The van der Waals surface area contributed by atoms with E-state index in [4.69, 9.17) is 0 Å². The van der Waals surface area contributed by atoms with E-state index in [-0.39, 0.29) is 0 Å². The lowest BCUT2D eigenvalue weighted by atomic mass is 9.98. The SMILES string of the molecule is CCNS(=O)(=O)c1ccccc1NCC1CCCC1C. The number of sulfonamides is 1. The number of anilines is 1. The molecule has 0 bridgehead atoms. The smallest absolute Gasteiger partial charge is 0.242 e. The molecule has 1 saturated carbocycles. The highest BCUT2D eigenvalue weighted by Crippen LogP contribution is 2.31. The van der Waals surface area contributed by atoms with E-state index < -0.39 is 10.0 Å². The zero-order valence-electron chi connectivity index (χ0n) is 12.2. The maximum Gasteiger partial charge on any atom is 0.242 e. The molecule has 0 aliphatic heterocycles. The van der Waals surface area contributed by atoms with E-state index in [1.807, 2.05) is 12.1 Å². The van der Waals surface area contributed by atoms with Gasteiger partial charge >= 0.3 is 0 Å². The van der Waals surface area contributed by atoms with Crippen molar-refractivity contribution in [1.29, 1.82) is 0 Å². The van der Waals surface area contributed by atoms with Crippen LogP contribution in [0.25, 0.3) is 0 Å². The molecule has 5 heteroatoms. The topological polar surface area (TPSA) is 58.2 Å². The highest BCUT2D eigenvalue weighted by Gasteiger charge is 2.24. The van der Waals surface area contributed by atoms with Gasteiger partial charge in [0.15, 0.2) is 0 Å². The van der Waals surface area contributed by atoms with Crippen molar-refractivity contribution < 1.29 is 8.42 Å². The maximum absolute atomic E-state index is 12.2. The average Bonchev–Trinajstić information content (AvgIpc) is 2.82. The van der Waals surface area contributed by atoms with E-state index >= 15 is 0 Å². The zero-order chi connectivity index (χ0) is 14.6. The molecule has 2 atom stereocenters. The van der Waals surface area contributed by atoms with E-state index in [0.717, 1.165) is 12.5 Å². The Balaban J connectivity index is 2.12. The lowest BCUT2D eigenvalue weighted by molar-refractivity contribution is 0.439. The third-order valence-electron chi connectivity index (χ3n) is 4.10. The predicted molar refractivity (Wildman–Crippen MR) is 82.3 cm³/mol. The van der Waals surface area contributed by atoms with Crippen molar-refractivity contribution in [2.75, 3.05) is 18.4 Å². The summed E-state index contributed by atoms with van der Waals surface area (Å²) >= 11 is 0. The van der Waals surface area contributed by atoms with Gasteiger partial charge in [0.1, 0.15) is 4.90 Å². The first kappa shape index (κ1) is 15.3. The first-order valence-corrected chi connectivity index (χ1v) is 8.85. The Labute approximate surface area is 122 Å². The van der Waals surface area contributed by atoms with Gasteiger partial charge in [0.05, 0.1) is 5.69 Å². The molecule has 1 fully saturated rings. The molecule has 0 radical (unpaired) electrons. The number of rotatable bonds is 6. The fourth-order valence-corrected chi connectivity index (χ4v) is 4.10. The van der Waals surface area contributed by atoms with Crippen LogP contribution < -0.4 is 10.0 Å². The standard InChI is InChI=1S/C15H24N2O2S/c1-3-17-20(18,19)15-10-5-4-9-14(15)16-11-13-8-6-7-12(13)2/h4-5,9-10,12-13,16-17H,3,6-8,11H2,1-2H3. The first-order chi connectivity index (χ1) is 9.54. The van der Waals surface area contributed by atoms with Gasteiger partial charge < -0.3 is 5.32 Å². The number of nitrogens with one attached hydrogen (secondary N) is 2. The Hall–Kier alpha value is -1.07. The molecule has 112 valence electrons. The normalized spacial score (nSPS) is 22.9. The van der Waals surface area contributed by atoms with Crippen LogP contribution in [0.4, 0.5) is 5.69 Å². The molecule has 0 amide bonds. The molecule has 0 heterocycles. The summed E-state index contributed by atoms with van der Waals surface area (Å²) < 4.78 is 26.9. The highest BCUT2D eigenvalue weighted by molar-refractivity contribution is 7.89. The van der Waals surface area contributed by atoms with Crippen LogP contribution in [0, 0.1) is 11.8 Å². The van der Waals surface area contributed by atoms with E-state index in [2.05, 4.69) is 17.0 Å². The van der Waals surface area contributed by atoms with Gasteiger partial charge in [0, 0.05) is 13.1 Å². The summed E-state index contributed by atoms with van der Waals surface area (Å²) in [5.74, 6) is 1.37. The van der Waals surface area contributed by atoms with E-state index in [9.17, 15) is 8.42 Å². The third-order valence-corrected chi connectivity index (χ3v) is 5.71. The summed E-state index contributed by atoms with van der Waals surface area (Å²) in [5, 5.41) is 3.33. The number of para-hydroxylation sites is 1. The summed E-state index contributed by atoms with van der Waals surface area (Å²) in [5.41, 5.74) is 0.701. The molecule has 4 nitrogen and oxygen atoms in total. The van der Waals surface area contributed by atoms with E-state index in [0.29, 0.717) is 23.0 Å². The third kappa shape index (κ3) is 3.52. The van der Waals surface area contributed by atoms with Crippen LogP contribution in [-0.4, -0.2) is 21.5 Å². The predicted octanol–water partition coefficient (Wildman–Crippen LogP) is 2.83. The van der Waals surface area contributed by atoms with Gasteiger partial charge in [-0.15, -0.1) is 0 Å². The summed E-state index contributed by atoms with van der Waals surface area (Å²) in [6.07, 6.45) is 3.80. The summed E-state index contributed by atoms with van der Waals surface area (Å²) in [6.45, 7) is 5.31. The molecule has 1 aromatic carbocycles. The van der Waals surface area contributed by atoms with Crippen molar-refractivity contribution in [1.82, 2.24) is 4.72 Å². The van der Waals surface area contributed by atoms with Crippen LogP contribution in [-0.2, 0) is 10.0 Å². The van der Waals surface area contributed by atoms with Crippen molar-refractivity contribution in [2.45, 2.75) is 38.0 Å². The largest absolute Gasteiger partial charge is 0.384 e. The van der Waals surface area contributed by atoms with Gasteiger partial charge in [-0.25, -0.2) is 13.1 Å². The Morgan fingerprint density at radius 1 is 1.25 bits per heavy atom. The minimum atomic E-state index is -3.41. The van der Waals surface area contributed by atoms with Gasteiger partial charge in [0.25, 0.3) is 0 Å². The van der Waals surface area contributed by atoms with Crippen molar-refractivity contribution in [3.8, 4) is 0 Å². The minimum Gasteiger partial charge on any atom is -0.384 e. The molecule has 20 heavy (non-hydrogen) atoms. The quantitative estimate of drug-likeness (QED) is 0.848. The van der Waals surface area contributed by atoms with E-state index in [1.54, 1.807) is 19.1 Å². The van der Waals surface area contributed by atoms with Crippen molar-refractivity contribution in [3.05, 3.63) is 24.3 Å². The Morgan fingerprint density at radius 2 is 2.00 bits per heavy atom. The van der Waals surface area contributed by atoms with Gasteiger partial charge in [-0.2, -0.15) is 0 Å². The molecular weight excluding hydrogens is 272 g/mol. The van der Waals surface area contributed by atoms with Gasteiger partial charge in [-0.3, -0.25) is 0 Å². The number of hydrogen-bond donors (Lipinski definition) is 2. The lowest BCUT2D eigenvalue weighted by Crippen LogP contribution is -2.25. The molecule has 1 aromatic rings. The van der Waals surface area contributed by atoms with Crippen LogP contribution in [0.5, 0.6) is 0 Å². The molecule has 2 unspecified atom stereocenters. The van der Waals surface area contributed by atoms with Crippen LogP contribution in [0.1, 0.15) is 33.1 Å². The molecule has 0 aromatic heterocycles. The molecule has 0 saturated heterocycles. The van der Waals surface area contributed by atoms with Gasteiger partial charge in [0.2, 0.25) is 10.0 Å². The molecule has 2 rings (SSSR count). The minimum absolute atomic E-state index is 0.340. The van der Waals surface area contributed by atoms with Gasteiger partial charge in [-0.1, -0.05) is 38.8 Å². The van der Waals surface area contributed by atoms with Crippen LogP contribution >= 0.6 is 0 Å². The van der Waals surface area contributed by atoms with Crippen molar-refractivity contribution in [2.24, 2.45) is 11.8 Å². The first-order valence-electron chi connectivity index (χ1n) is 7.37. The second kappa shape index (κ2) is 6.59. The summed E-state index contributed by atoms with van der Waals surface area (Å²) in [6, 6.07) is 7.11. The van der Waals surface area contributed by atoms with Gasteiger partial charge in [-0.05, 0) is 30.4 Å².